The number of aromatic nitrogens is 5. The van der Waals surface area contributed by atoms with Crippen LogP contribution in [0.4, 0.5) is 8.78 Å². The fraction of sp³-hybridized carbons (Fsp3) is 0.478. The summed E-state index contributed by atoms with van der Waals surface area (Å²) < 4.78 is 42.2. The van der Waals surface area contributed by atoms with Gasteiger partial charge >= 0.3 is 0 Å². The molecule has 3 atom stereocenters. The summed E-state index contributed by atoms with van der Waals surface area (Å²) in [5.41, 5.74) is 0.382. The van der Waals surface area contributed by atoms with Gasteiger partial charge in [0.15, 0.2) is 5.82 Å². The Morgan fingerprint density at radius 3 is 2.70 bits per heavy atom. The van der Waals surface area contributed by atoms with E-state index in [0.717, 1.165) is 12.1 Å². The van der Waals surface area contributed by atoms with Crippen LogP contribution in [-0.2, 0) is 4.74 Å². The Morgan fingerprint density at radius 2 is 2.09 bits per heavy atom. The zero-order valence-electron chi connectivity index (χ0n) is 18.8. The van der Waals surface area contributed by atoms with Gasteiger partial charge in [-0.15, -0.1) is 10.2 Å². The Bertz CT molecular complexity index is 1080. The molecule has 1 fully saturated rings. The van der Waals surface area contributed by atoms with Gasteiger partial charge in [-0.25, -0.2) is 18.7 Å². The normalized spacial score (nSPS) is 24.5. The van der Waals surface area contributed by atoms with Gasteiger partial charge in [0.05, 0.1) is 36.3 Å². The lowest BCUT2D eigenvalue weighted by Gasteiger charge is -2.47. The van der Waals surface area contributed by atoms with Crippen LogP contribution in [0, 0.1) is 5.41 Å². The molecule has 0 saturated heterocycles. The smallest absolute Gasteiger partial charge is 0.252 e. The zero-order chi connectivity index (χ0) is 23.6. The van der Waals surface area contributed by atoms with Crippen molar-refractivity contribution in [2.45, 2.75) is 57.7 Å². The first-order valence-corrected chi connectivity index (χ1v) is 10.8. The number of rotatable bonds is 7. The maximum Gasteiger partial charge on any atom is 0.252 e. The van der Waals surface area contributed by atoms with Gasteiger partial charge in [-0.05, 0) is 18.6 Å². The van der Waals surface area contributed by atoms with Crippen LogP contribution in [-0.4, -0.2) is 55.1 Å². The number of benzene rings is 1. The summed E-state index contributed by atoms with van der Waals surface area (Å²) in [6.45, 7) is 3.78. The first-order chi connectivity index (χ1) is 15.7. The highest BCUT2D eigenvalue weighted by Crippen LogP contribution is 2.49. The molecule has 2 heterocycles. The van der Waals surface area contributed by atoms with Crippen molar-refractivity contribution in [2.75, 3.05) is 7.11 Å². The second-order valence-corrected chi connectivity index (χ2v) is 8.74. The molecule has 0 unspecified atom stereocenters. The van der Waals surface area contributed by atoms with E-state index in [1.54, 1.807) is 41.5 Å². The predicted molar refractivity (Wildman–Crippen MR) is 116 cm³/mol. The first kappa shape index (κ1) is 23.0. The summed E-state index contributed by atoms with van der Waals surface area (Å²) in [5, 5.41) is 18.5. The SMILES string of the molecule is CCC[C@]1(C)CC(F)(F)C[C@H](Oc2cnc(-c3ccc(-n4ccnc4)cc3O)nn2)[C@H]1OC. The van der Waals surface area contributed by atoms with Crippen molar-refractivity contribution in [1.29, 1.82) is 0 Å². The van der Waals surface area contributed by atoms with E-state index in [0.29, 0.717) is 12.0 Å². The summed E-state index contributed by atoms with van der Waals surface area (Å²) in [6.07, 6.45) is 5.57. The summed E-state index contributed by atoms with van der Waals surface area (Å²) in [5.74, 6) is -2.69. The number of nitrogens with zero attached hydrogens (tertiary/aromatic N) is 5. The third-order valence-corrected chi connectivity index (χ3v) is 6.10. The molecule has 1 aliphatic carbocycles. The van der Waals surface area contributed by atoms with E-state index >= 15 is 0 Å². The summed E-state index contributed by atoms with van der Waals surface area (Å²) in [7, 11) is 1.52. The molecule has 10 heteroatoms. The van der Waals surface area contributed by atoms with Crippen molar-refractivity contribution in [3.05, 3.63) is 43.1 Å². The highest BCUT2D eigenvalue weighted by Gasteiger charge is 2.54. The largest absolute Gasteiger partial charge is 0.507 e. The number of alkyl halides is 2. The lowest BCUT2D eigenvalue weighted by atomic mass is 9.68. The first-order valence-electron chi connectivity index (χ1n) is 10.8. The minimum absolute atomic E-state index is 0.0249. The van der Waals surface area contributed by atoms with E-state index in [1.165, 1.54) is 13.3 Å². The Balaban J connectivity index is 1.53. The van der Waals surface area contributed by atoms with Crippen molar-refractivity contribution in [2.24, 2.45) is 5.41 Å². The van der Waals surface area contributed by atoms with Gasteiger partial charge in [0.25, 0.3) is 11.8 Å². The van der Waals surface area contributed by atoms with E-state index in [2.05, 4.69) is 20.2 Å². The second-order valence-electron chi connectivity index (χ2n) is 8.74. The zero-order valence-corrected chi connectivity index (χ0v) is 18.8. The van der Waals surface area contributed by atoms with Crippen LogP contribution in [0.3, 0.4) is 0 Å². The maximum atomic E-state index is 14.5. The number of ether oxygens (including phenoxy) is 2. The summed E-state index contributed by atoms with van der Waals surface area (Å²) in [4.78, 5) is 8.20. The number of imidazole rings is 1. The molecule has 0 bridgehead atoms. The van der Waals surface area contributed by atoms with Crippen LogP contribution in [0.1, 0.15) is 39.5 Å². The minimum Gasteiger partial charge on any atom is -0.507 e. The Hall–Kier alpha value is -3.14. The fourth-order valence-corrected chi connectivity index (χ4v) is 4.83. The standard InChI is InChI=1S/C23H27F2N5O3/c1-4-7-22(2)13-23(24,25)11-18(20(22)32-3)33-19-12-27-21(29-28-19)16-6-5-15(10-17(16)31)30-9-8-26-14-30/h5-6,8-10,12,14,18,20,31H,4,7,11,13H2,1-3H3/t18-,20+,22+/m0/s1. The number of hydrogen-bond acceptors (Lipinski definition) is 7. The molecule has 4 rings (SSSR count). The third-order valence-electron chi connectivity index (χ3n) is 6.10. The number of hydrogen-bond donors (Lipinski definition) is 1. The van der Waals surface area contributed by atoms with E-state index in [9.17, 15) is 13.9 Å². The minimum atomic E-state index is -2.87. The van der Waals surface area contributed by atoms with Crippen molar-refractivity contribution >= 4 is 0 Å². The molecule has 176 valence electrons. The number of phenols is 1. The van der Waals surface area contributed by atoms with Gasteiger partial charge in [0, 0.05) is 37.4 Å². The van der Waals surface area contributed by atoms with E-state index < -0.39 is 30.0 Å². The number of methoxy groups -OCH3 is 1. The number of phenolic OH excluding ortho intramolecular Hbond substituents is 1. The molecule has 2 aromatic heterocycles. The van der Waals surface area contributed by atoms with Crippen LogP contribution in [0.25, 0.3) is 17.1 Å². The molecule has 0 radical (unpaired) electrons. The fourth-order valence-electron chi connectivity index (χ4n) is 4.83. The van der Waals surface area contributed by atoms with Crippen LogP contribution in [0.15, 0.2) is 43.1 Å². The molecule has 1 saturated carbocycles. The average molecular weight is 459 g/mol. The third kappa shape index (κ3) is 4.80. The molecular formula is C23H27F2N5O3. The van der Waals surface area contributed by atoms with Crippen LogP contribution in [0.5, 0.6) is 11.6 Å². The maximum absolute atomic E-state index is 14.5. The molecule has 3 aromatic rings. The topological polar surface area (TPSA) is 95.2 Å². The quantitative estimate of drug-likeness (QED) is 0.559. The molecule has 0 spiro atoms. The van der Waals surface area contributed by atoms with Gasteiger partial charge in [-0.3, -0.25) is 0 Å². The average Bonchev–Trinajstić information content (AvgIpc) is 3.28. The van der Waals surface area contributed by atoms with E-state index in [-0.39, 0.29) is 23.9 Å². The van der Waals surface area contributed by atoms with Gasteiger partial charge in [-0.1, -0.05) is 20.3 Å². The highest BCUT2D eigenvalue weighted by atomic mass is 19.3. The van der Waals surface area contributed by atoms with Crippen LogP contribution < -0.4 is 4.74 Å². The second kappa shape index (κ2) is 9.01. The van der Waals surface area contributed by atoms with Gasteiger partial charge < -0.3 is 19.1 Å². The lowest BCUT2D eigenvalue weighted by Crippen LogP contribution is -2.55. The van der Waals surface area contributed by atoms with Gasteiger partial charge in [0.1, 0.15) is 11.9 Å². The Labute approximate surface area is 190 Å². The Morgan fingerprint density at radius 1 is 1.27 bits per heavy atom. The molecule has 0 aliphatic heterocycles. The molecule has 8 nitrogen and oxygen atoms in total. The number of aromatic hydroxyl groups is 1. The van der Waals surface area contributed by atoms with E-state index in [1.807, 2.05) is 13.8 Å². The molecule has 1 N–H and O–H groups in total. The van der Waals surface area contributed by atoms with Crippen LogP contribution in [0.2, 0.25) is 0 Å². The molecule has 0 amide bonds. The molecule has 1 aliphatic rings. The van der Waals surface area contributed by atoms with Crippen molar-refractivity contribution in [3.63, 3.8) is 0 Å². The van der Waals surface area contributed by atoms with Crippen molar-refractivity contribution in [1.82, 2.24) is 24.7 Å². The van der Waals surface area contributed by atoms with Crippen LogP contribution >= 0.6 is 0 Å². The monoisotopic (exact) mass is 459 g/mol. The van der Waals surface area contributed by atoms with Crippen molar-refractivity contribution in [3.8, 4) is 28.7 Å². The predicted octanol–water partition coefficient (Wildman–Crippen LogP) is 4.43. The van der Waals surface area contributed by atoms with E-state index in [4.69, 9.17) is 9.47 Å². The summed E-state index contributed by atoms with van der Waals surface area (Å²) >= 11 is 0. The molecule has 33 heavy (non-hydrogen) atoms. The van der Waals surface area contributed by atoms with Gasteiger partial charge in [0.2, 0.25) is 0 Å². The lowest BCUT2D eigenvalue weighted by molar-refractivity contribution is -0.185. The van der Waals surface area contributed by atoms with Gasteiger partial charge in [-0.2, -0.15) is 0 Å². The Kier molecular flexibility index (Phi) is 6.29. The number of halogens is 2. The highest BCUT2D eigenvalue weighted by molar-refractivity contribution is 5.65. The molecule has 1 aromatic carbocycles. The van der Waals surface area contributed by atoms with Crippen molar-refractivity contribution < 1.29 is 23.4 Å². The summed E-state index contributed by atoms with van der Waals surface area (Å²) in [6, 6.07) is 5.01. The molecular weight excluding hydrogens is 432 g/mol.